The van der Waals surface area contributed by atoms with Crippen LogP contribution in [0.1, 0.15) is 0 Å². The molecule has 0 aliphatic carbocycles. The summed E-state index contributed by atoms with van der Waals surface area (Å²) in [5.41, 5.74) is 0. The molecular weight excluding hydrogens is 440 g/mol. The van der Waals surface area contributed by atoms with Gasteiger partial charge < -0.3 is 0 Å². The number of sulfone groups is 2. The topological polar surface area (TPSA) is 123 Å². The van der Waals surface area contributed by atoms with Crippen LogP contribution in [0.2, 0.25) is 0 Å². The molecule has 0 unspecified atom stereocenters. The van der Waals surface area contributed by atoms with Crippen molar-refractivity contribution in [2.24, 2.45) is 0 Å². The first-order chi connectivity index (χ1) is 12.2. The van der Waals surface area contributed by atoms with Crippen LogP contribution in [0.3, 0.4) is 0 Å². The van der Waals surface area contributed by atoms with Gasteiger partial charge in [-0.15, -0.1) is 0 Å². The van der Waals surface area contributed by atoms with E-state index in [4.69, 9.17) is 4.55 Å². The second-order valence-electron chi connectivity index (χ2n) is 5.07. The molecule has 0 spiro atoms. The molecule has 0 saturated heterocycles. The SMILES string of the molecule is O=S(=O)(O)c1ccccc1S(=O)(=O)CS(=O)(=O)c1c(F)c(F)cc(F)c1F. The highest BCUT2D eigenvalue weighted by atomic mass is 32.3. The lowest BCUT2D eigenvalue weighted by molar-refractivity contribution is 0.419. The maximum absolute atomic E-state index is 13.7. The van der Waals surface area contributed by atoms with Gasteiger partial charge in [-0.3, -0.25) is 4.55 Å². The molecule has 0 fully saturated rings. The van der Waals surface area contributed by atoms with Crippen molar-refractivity contribution < 1.29 is 47.4 Å². The van der Waals surface area contributed by atoms with Crippen molar-refractivity contribution in [3.8, 4) is 0 Å². The van der Waals surface area contributed by atoms with E-state index in [-0.39, 0.29) is 6.07 Å². The molecule has 0 heterocycles. The van der Waals surface area contributed by atoms with Crippen LogP contribution in [-0.4, -0.2) is 34.9 Å². The summed E-state index contributed by atoms with van der Waals surface area (Å²) in [7, 11) is -15.8. The van der Waals surface area contributed by atoms with E-state index in [9.17, 15) is 42.8 Å². The molecule has 0 aliphatic rings. The summed E-state index contributed by atoms with van der Waals surface area (Å²) in [4.78, 5) is -4.53. The molecule has 2 rings (SSSR count). The Kier molecular flexibility index (Phi) is 5.40. The lowest BCUT2D eigenvalue weighted by Crippen LogP contribution is -2.22. The van der Waals surface area contributed by atoms with E-state index in [1.807, 2.05) is 0 Å². The summed E-state index contributed by atoms with van der Waals surface area (Å²) in [6.07, 6.45) is 0. The maximum Gasteiger partial charge on any atom is 0.295 e. The highest BCUT2D eigenvalue weighted by Crippen LogP contribution is 2.28. The summed E-state index contributed by atoms with van der Waals surface area (Å²) in [5, 5.41) is -2.12. The van der Waals surface area contributed by atoms with E-state index < -0.39 is 72.8 Å². The second kappa shape index (κ2) is 6.85. The van der Waals surface area contributed by atoms with E-state index in [0.29, 0.717) is 12.1 Å². The van der Waals surface area contributed by atoms with Crippen LogP contribution < -0.4 is 0 Å². The van der Waals surface area contributed by atoms with Gasteiger partial charge in [0, 0.05) is 6.07 Å². The monoisotopic (exact) mass is 448 g/mol. The number of halogens is 4. The summed E-state index contributed by atoms with van der Waals surface area (Å²) in [6.45, 7) is 0. The molecule has 0 aromatic heterocycles. The predicted octanol–water partition coefficient (Wildman–Crippen LogP) is 1.69. The van der Waals surface area contributed by atoms with Crippen molar-refractivity contribution in [1.29, 1.82) is 0 Å². The largest absolute Gasteiger partial charge is 0.295 e. The van der Waals surface area contributed by atoms with Crippen molar-refractivity contribution in [2.75, 3.05) is 5.08 Å². The normalized spacial score (nSPS) is 12.9. The Labute approximate surface area is 150 Å². The summed E-state index contributed by atoms with van der Waals surface area (Å²) in [6, 6.07) is 2.98. The summed E-state index contributed by atoms with van der Waals surface area (Å²) in [5.74, 6) is -8.84. The Morgan fingerprint density at radius 3 is 1.63 bits per heavy atom. The zero-order chi connectivity index (χ0) is 20.8. The molecule has 0 bridgehead atoms. The summed E-state index contributed by atoms with van der Waals surface area (Å²) >= 11 is 0. The quantitative estimate of drug-likeness (QED) is 0.420. The van der Waals surface area contributed by atoms with Gasteiger partial charge in [-0.2, -0.15) is 8.42 Å². The van der Waals surface area contributed by atoms with Gasteiger partial charge in [-0.05, 0) is 12.1 Å². The fourth-order valence-electron chi connectivity index (χ4n) is 2.07. The molecule has 1 N–H and O–H groups in total. The van der Waals surface area contributed by atoms with E-state index in [1.165, 1.54) is 0 Å². The Morgan fingerprint density at radius 1 is 0.741 bits per heavy atom. The average molecular weight is 448 g/mol. The van der Waals surface area contributed by atoms with Crippen LogP contribution in [-0.2, 0) is 29.8 Å². The third kappa shape index (κ3) is 4.12. The van der Waals surface area contributed by atoms with Crippen LogP contribution in [0.5, 0.6) is 0 Å². The first kappa shape index (κ1) is 21.3. The van der Waals surface area contributed by atoms with Crippen molar-refractivity contribution in [1.82, 2.24) is 0 Å². The summed E-state index contributed by atoms with van der Waals surface area (Å²) < 4.78 is 134. The van der Waals surface area contributed by atoms with Crippen LogP contribution in [0.25, 0.3) is 0 Å². The molecule has 2 aromatic rings. The number of benzene rings is 2. The average Bonchev–Trinajstić information content (AvgIpc) is 2.51. The van der Waals surface area contributed by atoms with Crippen molar-refractivity contribution in [3.05, 3.63) is 53.6 Å². The third-order valence-corrected chi connectivity index (χ3v) is 8.68. The molecule has 7 nitrogen and oxygen atoms in total. The molecular formula is C13H8F4O7S3. The number of hydrogen-bond donors (Lipinski definition) is 1. The second-order valence-corrected chi connectivity index (χ2v) is 10.7. The zero-order valence-electron chi connectivity index (χ0n) is 12.7. The lowest BCUT2D eigenvalue weighted by Gasteiger charge is -2.11. The number of rotatable bonds is 5. The molecule has 0 radical (unpaired) electrons. The Bertz CT molecular complexity index is 1210. The van der Waals surface area contributed by atoms with E-state index >= 15 is 0 Å². The van der Waals surface area contributed by atoms with Crippen LogP contribution in [0.15, 0.2) is 45.0 Å². The van der Waals surface area contributed by atoms with E-state index in [0.717, 1.165) is 12.1 Å². The number of hydrogen-bond acceptors (Lipinski definition) is 6. The highest BCUT2D eigenvalue weighted by Gasteiger charge is 2.36. The van der Waals surface area contributed by atoms with Crippen LogP contribution in [0, 0.1) is 23.3 Å². The Balaban J connectivity index is 2.68. The van der Waals surface area contributed by atoms with Gasteiger partial charge in [-0.25, -0.2) is 34.4 Å². The third-order valence-electron chi connectivity index (χ3n) is 3.15. The van der Waals surface area contributed by atoms with Crippen LogP contribution >= 0.6 is 0 Å². The minimum atomic E-state index is -5.53. The Morgan fingerprint density at radius 2 is 1.19 bits per heavy atom. The molecule has 0 amide bonds. The molecule has 27 heavy (non-hydrogen) atoms. The molecule has 2 aromatic carbocycles. The maximum atomic E-state index is 13.7. The Hall–Kier alpha value is -2.03. The molecule has 0 aliphatic heterocycles. The van der Waals surface area contributed by atoms with Gasteiger partial charge in [0.05, 0.1) is 4.90 Å². The first-order valence-corrected chi connectivity index (χ1v) is 11.3. The minimum absolute atomic E-state index is 0.272. The first-order valence-electron chi connectivity index (χ1n) is 6.53. The zero-order valence-corrected chi connectivity index (χ0v) is 15.2. The van der Waals surface area contributed by atoms with Gasteiger partial charge in [0.25, 0.3) is 10.1 Å². The van der Waals surface area contributed by atoms with Gasteiger partial charge in [0.2, 0.25) is 0 Å². The minimum Gasteiger partial charge on any atom is -0.282 e. The van der Waals surface area contributed by atoms with Gasteiger partial charge in [0.1, 0.15) is 9.79 Å². The fourth-order valence-corrected chi connectivity index (χ4v) is 7.36. The van der Waals surface area contributed by atoms with Gasteiger partial charge in [-0.1, -0.05) is 12.1 Å². The van der Waals surface area contributed by atoms with Crippen LogP contribution in [0.4, 0.5) is 17.6 Å². The predicted molar refractivity (Wildman–Crippen MR) is 81.8 cm³/mol. The molecule has 0 saturated carbocycles. The van der Waals surface area contributed by atoms with Crippen molar-refractivity contribution in [3.63, 3.8) is 0 Å². The van der Waals surface area contributed by atoms with E-state index in [1.54, 1.807) is 0 Å². The fraction of sp³-hybridized carbons (Fsp3) is 0.0769. The van der Waals surface area contributed by atoms with Gasteiger partial charge >= 0.3 is 0 Å². The molecule has 0 atom stereocenters. The van der Waals surface area contributed by atoms with Crippen molar-refractivity contribution >= 4 is 29.8 Å². The standard InChI is InChI=1S/C13H8F4O7S3/c14-7-5-8(15)12(17)13(11(7)16)26(20,21)6-25(18,19)9-3-1-2-4-10(9)27(22,23)24/h1-5H,6H2,(H,22,23,24). The molecule has 14 heteroatoms. The van der Waals surface area contributed by atoms with Gasteiger partial charge in [0.15, 0.2) is 48.0 Å². The van der Waals surface area contributed by atoms with E-state index in [2.05, 4.69) is 0 Å². The lowest BCUT2D eigenvalue weighted by atomic mass is 10.3. The molecule has 148 valence electrons. The van der Waals surface area contributed by atoms with Crippen molar-refractivity contribution in [2.45, 2.75) is 14.7 Å². The smallest absolute Gasteiger partial charge is 0.282 e. The highest BCUT2D eigenvalue weighted by molar-refractivity contribution is 8.08.